The monoisotopic (exact) mass is 383 g/mol. The van der Waals surface area contributed by atoms with Crippen LogP contribution in [0.1, 0.15) is 33.1 Å². The summed E-state index contributed by atoms with van der Waals surface area (Å²) in [7, 11) is 1.62. The van der Waals surface area contributed by atoms with E-state index in [1.165, 1.54) is 0 Å². The van der Waals surface area contributed by atoms with Crippen LogP contribution in [0.25, 0.3) is 0 Å². The Labute approximate surface area is 164 Å². The molecule has 0 aliphatic heterocycles. The summed E-state index contributed by atoms with van der Waals surface area (Å²) in [6, 6.07) is 9.36. The highest BCUT2D eigenvalue weighted by atomic mass is 16.5. The van der Waals surface area contributed by atoms with Crippen LogP contribution >= 0.6 is 0 Å². The first kappa shape index (κ1) is 19.7. The van der Waals surface area contributed by atoms with Crippen LogP contribution in [0.15, 0.2) is 47.2 Å². The third-order valence-electron chi connectivity index (χ3n) is 4.50. The molecule has 3 aromatic heterocycles. The molecule has 0 saturated heterocycles. The van der Waals surface area contributed by atoms with Gasteiger partial charge in [-0.25, -0.2) is 4.98 Å². The molecule has 28 heavy (non-hydrogen) atoms. The topological polar surface area (TPSA) is 78.5 Å². The van der Waals surface area contributed by atoms with Crippen molar-refractivity contribution in [3.63, 3.8) is 0 Å². The maximum absolute atomic E-state index is 12.6. The zero-order valence-electron chi connectivity index (χ0n) is 16.4. The number of aryl methyl sites for hydroxylation is 1. The van der Waals surface area contributed by atoms with E-state index < -0.39 is 0 Å². The van der Waals surface area contributed by atoms with Crippen molar-refractivity contribution in [2.45, 2.75) is 26.9 Å². The minimum atomic E-state index is -0.112. The Morgan fingerprint density at radius 2 is 2.11 bits per heavy atom. The number of carbonyl (C=O) groups is 1. The predicted molar refractivity (Wildman–Crippen MR) is 104 cm³/mol. The lowest BCUT2D eigenvalue weighted by Crippen LogP contribution is -2.23. The Bertz CT molecular complexity index is 899. The van der Waals surface area contributed by atoms with E-state index in [4.69, 9.17) is 13.9 Å². The quantitative estimate of drug-likeness (QED) is 0.575. The number of hydrogen-bond acceptors (Lipinski definition) is 5. The zero-order chi connectivity index (χ0) is 19.9. The smallest absolute Gasteiger partial charge is 0.253 e. The summed E-state index contributed by atoms with van der Waals surface area (Å²) in [6.45, 7) is 5.89. The predicted octanol–water partition coefficient (Wildman–Crippen LogP) is 3.10. The number of nitrogens with one attached hydrogen (secondary N) is 1. The molecule has 0 aliphatic rings. The second kappa shape index (κ2) is 9.23. The Kier molecular flexibility index (Phi) is 6.49. The third kappa shape index (κ3) is 4.80. The van der Waals surface area contributed by atoms with Crippen LogP contribution < -0.4 is 10.1 Å². The summed E-state index contributed by atoms with van der Waals surface area (Å²) >= 11 is 0. The Morgan fingerprint density at radius 3 is 2.79 bits per heavy atom. The van der Waals surface area contributed by atoms with E-state index in [1.54, 1.807) is 25.6 Å². The summed E-state index contributed by atoms with van der Waals surface area (Å²) < 4.78 is 17.9. The highest BCUT2D eigenvalue weighted by Crippen LogP contribution is 2.18. The molecule has 0 spiro atoms. The minimum Gasteiger partial charge on any atom is -0.475 e. The van der Waals surface area contributed by atoms with E-state index >= 15 is 0 Å². The van der Waals surface area contributed by atoms with Crippen LogP contribution in [-0.4, -0.2) is 35.8 Å². The van der Waals surface area contributed by atoms with E-state index in [9.17, 15) is 4.79 Å². The van der Waals surface area contributed by atoms with Crippen LogP contribution in [0.5, 0.6) is 5.88 Å². The number of furan rings is 1. The van der Waals surface area contributed by atoms with Gasteiger partial charge < -0.3 is 23.8 Å². The van der Waals surface area contributed by atoms with Crippen molar-refractivity contribution in [3.8, 4) is 5.88 Å². The van der Waals surface area contributed by atoms with Crippen molar-refractivity contribution in [3.05, 3.63) is 71.1 Å². The molecule has 3 heterocycles. The number of ether oxygens (including phenoxy) is 2. The summed E-state index contributed by atoms with van der Waals surface area (Å²) in [5.74, 6) is 1.28. The molecule has 0 fully saturated rings. The zero-order valence-corrected chi connectivity index (χ0v) is 16.4. The van der Waals surface area contributed by atoms with Crippen LogP contribution in [0, 0.1) is 13.8 Å². The molecule has 7 heteroatoms. The number of hydrogen-bond donors (Lipinski definition) is 1. The van der Waals surface area contributed by atoms with E-state index in [0.717, 1.165) is 22.7 Å². The lowest BCUT2D eigenvalue weighted by molar-refractivity contribution is 0.0950. The average molecular weight is 383 g/mol. The van der Waals surface area contributed by atoms with Crippen molar-refractivity contribution in [1.29, 1.82) is 0 Å². The molecule has 3 aromatic rings. The maximum atomic E-state index is 12.6. The highest BCUT2D eigenvalue weighted by molar-refractivity contribution is 5.95. The van der Waals surface area contributed by atoms with E-state index in [0.29, 0.717) is 37.7 Å². The average Bonchev–Trinajstić information content (AvgIpc) is 3.31. The molecule has 1 N–H and O–H groups in total. The first-order valence-corrected chi connectivity index (χ1v) is 9.12. The highest BCUT2D eigenvalue weighted by Gasteiger charge is 2.16. The molecule has 1 amide bonds. The number of pyridine rings is 1. The van der Waals surface area contributed by atoms with Crippen LogP contribution in [0.3, 0.4) is 0 Å². The molecule has 3 rings (SSSR count). The molecule has 0 aromatic carbocycles. The number of amides is 1. The lowest BCUT2D eigenvalue weighted by Gasteiger charge is -2.09. The summed E-state index contributed by atoms with van der Waals surface area (Å²) in [5.41, 5.74) is 3.48. The molecular formula is C21H25N3O4. The van der Waals surface area contributed by atoms with Crippen LogP contribution in [-0.2, 0) is 17.8 Å². The summed E-state index contributed by atoms with van der Waals surface area (Å²) in [4.78, 5) is 16.9. The van der Waals surface area contributed by atoms with Gasteiger partial charge in [0.05, 0.1) is 25.0 Å². The summed E-state index contributed by atoms with van der Waals surface area (Å²) in [5, 5.41) is 2.95. The SMILES string of the molecule is COCCOc1ccc(CNC(=O)c2cc(C)n(Cc3ccco3)c2C)cn1. The van der Waals surface area contributed by atoms with Crippen molar-refractivity contribution in [2.75, 3.05) is 20.3 Å². The Balaban J connectivity index is 1.59. The van der Waals surface area contributed by atoms with Gasteiger partial charge in [-0.2, -0.15) is 0 Å². The normalized spacial score (nSPS) is 10.8. The third-order valence-corrected chi connectivity index (χ3v) is 4.50. The molecule has 0 saturated carbocycles. The fourth-order valence-corrected chi connectivity index (χ4v) is 2.94. The number of rotatable bonds is 9. The molecule has 0 bridgehead atoms. The van der Waals surface area contributed by atoms with Gasteiger partial charge in [-0.05, 0) is 37.6 Å². The molecule has 7 nitrogen and oxygen atoms in total. The van der Waals surface area contributed by atoms with Crippen LogP contribution in [0.2, 0.25) is 0 Å². The lowest BCUT2D eigenvalue weighted by atomic mass is 10.2. The number of aromatic nitrogens is 2. The van der Waals surface area contributed by atoms with Gasteiger partial charge in [-0.15, -0.1) is 0 Å². The molecule has 148 valence electrons. The van der Waals surface area contributed by atoms with E-state index in [2.05, 4.69) is 14.9 Å². The van der Waals surface area contributed by atoms with Gasteiger partial charge in [0.2, 0.25) is 5.88 Å². The number of carbonyl (C=O) groups excluding carboxylic acids is 1. The molecule has 0 atom stereocenters. The van der Waals surface area contributed by atoms with Gasteiger partial charge in [0.25, 0.3) is 5.91 Å². The van der Waals surface area contributed by atoms with Gasteiger partial charge in [0.1, 0.15) is 12.4 Å². The van der Waals surface area contributed by atoms with Gasteiger partial charge in [0, 0.05) is 37.3 Å². The van der Waals surface area contributed by atoms with E-state index in [-0.39, 0.29) is 5.91 Å². The fourth-order valence-electron chi connectivity index (χ4n) is 2.94. The standard InChI is InChI=1S/C21H25N3O4/c1-15-11-19(16(2)24(15)14-18-5-4-8-27-18)21(25)23-13-17-6-7-20(22-12-17)28-10-9-26-3/h4-8,11-12H,9-10,13-14H2,1-3H3,(H,23,25). The van der Waals surface area contributed by atoms with Gasteiger partial charge in [-0.1, -0.05) is 6.07 Å². The number of methoxy groups -OCH3 is 1. The van der Waals surface area contributed by atoms with Crippen molar-refractivity contribution in [1.82, 2.24) is 14.9 Å². The van der Waals surface area contributed by atoms with Crippen molar-refractivity contribution >= 4 is 5.91 Å². The second-order valence-electron chi connectivity index (χ2n) is 6.48. The number of nitrogens with zero attached hydrogens (tertiary/aromatic N) is 2. The fraction of sp³-hybridized carbons (Fsp3) is 0.333. The van der Waals surface area contributed by atoms with Crippen molar-refractivity contribution < 1.29 is 18.7 Å². The van der Waals surface area contributed by atoms with Gasteiger partial charge >= 0.3 is 0 Å². The Morgan fingerprint density at radius 1 is 1.25 bits per heavy atom. The first-order valence-electron chi connectivity index (χ1n) is 9.12. The molecular weight excluding hydrogens is 358 g/mol. The van der Waals surface area contributed by atoms with Crippen molar-refractivity contribution in [2.24, 2.45) is 0 Å². The summed E-state index contributed by atoms with van der Waals surface area (Å²) in [6.07, 6.45) is 3.35. The minimum absolute atomic E-state index is 0.112. The first-order chi connectivity index (χ1) is 13.6. The molecule has 0 unspecified atom stereocenters. The molecule has 0 aliphatic carbocycles. The van der Waals surface area contributed by atoms with Gasteiger partial charge in [-0.3, -0.25) is 4.79 Å². The largest absolute Gasteiger partial charge is 0.475 e. The second-order valence-corrected chi connectivity index (χ2v) is 6.48. The molecule has 0 radical (unpaired) electrons. The van der Waals surface area contributed by atoms with E-state index in [1.807, 2.05) is 38.1 Å². The van der Waals surface area contributed by atoms with Gasteiger partial charge in [0.15, 0.2) is 0 Å². The van der Waals surface area contributed by atoms with Crippen LogP contribution in [0.4, 0.5) is 0 Å². The Hall–Kier alpha value is -3.06. The maximum Gasteiger partial charge on any atom is 0.253 e.